The maximum atomic E-state index is 13.3. The monoisotopic (exact) mass is 419 g/mol. The number of sulfonamides is 1. The average Bonchev–Trinajstić information content (AvgIpc) is 3.33. The molecule has 7 nitrogen and oxygen atoms in total. The predicted octanol–water partition coefficient (Wildman–Crippen LogP) is 2.01. The Morgan fingerprint density at radius 2 is 1.79 bits per heavy atom. The standard InChI is InChI=1S/C21H29N3O4S/c1-15-12-18-13-19(7-8-20(18)24(15)16(2)25)29(27,28)23-11-5-6-17(14-23)21(26)22-9-3-4-10-22/h7-8,13,15,17H,3-6,9-12,14H2,1-2H3. The lowest BCUT2D eigenvalue weighted by molar-refractivity contribution is -0.135. The van der Waals surface area contributed by atoms with Gasteiger partial charge < -0.3 is 9.80 Å². The number of carbonyl (C=O) groups is 2. The highest BCUT2D eigenvalue weighted by atomic mass is 32.2. The summed E-state index contributed by atoms with van der Waals surface area (Å²) in [6, 6.07) is 5.06. The zero-order valence-electron chi connectivity index (χ0n) is 17.1. The van der Waals surface area contributed by atoms with Crippen LogP contribution in [0.4, 0.5) is 5.69 Å². The van der Waals surface area contributed by atoms with Crippen molar-refractivity contribution in [3.05, 3.63) is 23.8 Å². The number of carbonyl (C=O) groups excluding carboxylic acids is 2. The molecule has 2 amide bonds. The number of likely N-dealkylation sites (tertiary alicyclic amines) is 1. The highest BCUT2D eigenvalue weighted by Crippen LogP contribution is 2.35. The lowest BCUT2D eigenvalue weighted by atomic mass is 9.98. The fraction of sp³-hybridized carbons (Fsp3) is 0.619. The summed E-state index contributed by atoms with van der Waals surface area (Å²) < 4.78 is 28.1. The Labute approximate surface area is 172 Å². The molecule has 3 heterocycles. The van der Waals surface area contributed by atoms with Gasteiger partial charge in [0.25, 0.3) is 0 Å². The number of anilines is 1. The largest absolute Gasteiger partial charge is 0.342 e. The van der Waals surface area contributed by atoms with Crippen LogP contribution < -0.4 is 4.90 Å². The van der Waals surface area contributed by atoms with Gasteiger partial charge in [-0.2, -0.15) is 4.31 Å². The highest BCUT2D eigenvalue weighted by molar-refractivity contribution is 7.89. The third-order valence-electron chi connectivity index (χ3n) is 6.39. The van der Waals surface area contributed by atoms with E-state index in [2.05, 4.69) is 0 Å². The summed E-state index contributed by atoms with van der Waals surface area (Å²) in [5.41, 5.74) is 1.68. The van der Waals surface area contributed by atoms with Crippen molar-refractivity contribution in [2.24, 2.45) is 5.92 Å². The molecule has 2 atom stereocenters. The molecule has 2 saturated heterocycles. The van der Waals surface area contributed by atoms with E-state index < -0.39 is 10.0 Å². The van der Waals surface area contributed by atoms with Crippen molar-refractivity contribution in [2.45, 2.75) is 56.9 Å². The smallest absolute Gasteiger partial charge is 0.243 e. The average molecular weight is 420 g/mol. The van der Waals surface area contributed by atoms with Crippen molar-refractivity contribution in [3.8, 4) is 0 Å². The Morgan fingerprint density at radius 3 is 2.48 bits per heavy atom. The van der Waals surface area contributed by atoms with Gasteiger partial charge >= 0.3 is 0 Å². The van der Waals surface area contributed by atoms with E-state index in [1.54, 1.807) is 23.1 Å². The first-order chi connectivity index (χ1) is 13.8. The number of hydrogen-bond acceptors (Lipinski definition) is 4. The van der Waals surface area contributed by atoms with Crippen LogP contribution in [0.2, 0.25) is 0 Å². The minimum absolute atomic E-state index is 0.0258. The molecule has 158 valence electrons. The van der Waals surface area contributed by atoms with E-state index in [9.17, 15) is 18.0 Å². The van der Waals surface area contributed by atoms with Crippen LogP contribution in [0.15, 0.2) is 23.1 Å². The third-order valence-corrected chi connectivity index (χ3v) is 8.26. The first-order valence-electron chi connectivity index (χ1n) is 10.5. The molecule has 8 heteroatoms. The molecule has 0 N–H and O–H groups in total. The van der Waals surface area contributed by atoms with Gasteiger partial charge in [-0.25, -0.2) is 8.42 Å². The lowest BCUT2D eigenvalue weighted by Gasteiger charge is -2.33. The topological polar surface area (TPSA) is 78.0 Å². The van der Waals surface area contributed by atoms with Crippen molar-refractivity contribution in [3.63, 3.8) is 0 Å². The molecule has 0 radical (unpaired) electrons. The van der Waals surface area contributed by atoms with Crippen LogP contribution in [-0.4, -0.2) is 61.7 Å². The van der Waals surface area contributed by atoms with Crippen LogP contribution >= 0.6 is 0 Å². The van der Waals surface area contributed by atoms with Gasteiger partial charge in [-0.3, -0.25) is 9.59 Å². The molecule has 0 aromatic heterocycles. The SMILES string of the molecule is CC(=O)N1c2ccc(S(=O)(=O)N3CCCC(C(=O)N4CCCC4)C3)cc2CC1C. The maximum absolute atomic E-state index is 13.3. The molecule has 1 aromatic carbocycles. The van der Waals surface area contributed by atoms with E-state index in [0.29, 0.717) is 19.4 Å². The van der Waals surface area contributed by atoms with Crippen molar-refractivity contribution in [1.82, 2.24) is 9.21 Å². The second-order valence-electron chi connectivity index (χ2n) is 8.47. The molecular weight excluding hydrogens is 390 g/mol. The molecule has 0 spiro atoms. The van der Waals surface area contributed by atoms with E-state index in [0.717, 1.165) is 43.6 Å². The molecule has 0 aliphatic carbocycles. The van der Waals surface area contributed by atoms with Crippen LogP contribution in [0, 0.1) is 5.92 Å². The summed E-state index contributed by atoms with van der Waals surface area (Å²) in [7, 11) is -3.67. The van der Waals surface area contributed by atoms with Gasteiger partial charge in [-0.15, -0.1) is 0 Å². The summed E-state index contributed by atoms with van der Waals surface area (Å²) in [6.07, 6.45) is 4.16. The Morgan fingerprint density at radius 1 is 1.07 bits per heavy atom. The molecule has 2 unspecified atom stereocenters. The molecule has 3 aliphatic heterocycles. The number of nitrogens with zero attached hydrogens (tertiary/aromatic N) is 3. The third kappa shape index (κ3) is 3.68. The van der Waals surface area contributed by atoms with Crippen LogP contribution in [0.3, 0.4) is 0 Å². The second-order valence-corrected chi connectivity index (χ2v) is 10.4. The van der Waals surface area contributed by atoms with E-state index in [-0.39, 0.29) is 35.2 Å². The van der Waals surface area contributed by atoms with E-state index in [1.165, 1.54) is 11.2 Å². The molecule has 1 aromatic rings. The van der Waals surface area contributed by atoms with Gasteiger partial charge in [0.05, 0.1) is 10.8 Å². The zero-order chi connectivity index (χ0) is 20.8. The fourth-order valence-electron chi connectivity index (χ4n) is 4.95. The summed E-state index contributed by atoms with van der Waals surface area (Å²) in [4.78, 5) is 28.5. The fourth-order valence-corrected chi connectivity index (χ4v) is 6.53. The first kappa shape index (κ1) is 20.3. The Balaban J connectivity index is 1.55. The number of hydrogen-bond donors (Lipinski definition) is 0. The van der Waals surface area contributed by atoms with Crippen LogP contribution in [0.5, 0.6) is 0 Å². The summed E-state index contributed by atoms with van der Waals surface area (Å²) >= 11 is 0. The minimum Gasteiger partial charge on any atom is -0.342 e. The van der Waals surface area contributed by atoms with Gasteiger partial charge in [0.15, 0.2) is 0 Å². The van der Waals surface area contributed by atoms with Gasteiger partial charge in [0.1, 0.15) is 0 Å². The molecule has 29 heavy (non-hydrogen) atoms. The van der Waals surface area contributed by atoms with E-state index >= 15 is 0 Å². The molecule has 0 bridgehead atoms. The quantitative estimate of drug-likeness (QED) is 0.751. The number of amides is 2. The van der Waals surface area contributed by atoms with Crippen LogP contribution in [-0.2, 0) is 26.0 Å². The van der Waals surface area contributed by atoms with Gasteiger partial charge in [-0.1, -0.05) is 0 Å². The Bertz CT molecular complexity index is 924. The lowest BCUT2D eigenvalue weighted by Crippen LogP contribution is -2.46. The van der Waals surface area contributed by atoms with E-state index in [4.69, 9.17) is 0 Å². The molecule has 0 saturated carbocycles. The molecule has 4 rings (SSSR count). The van der Waals surface area contributed by atoms with E-state index in [1.807, 2.05) is 11.8 Å². The maximum Gasteiger partial charge on any atom is 0.243 e. The summed E-state index contributed by atoms with van der Waals surface area (Å²) in [5.74, 6) is -0.187. The van der Waals surface area contributed by atoms with Crippen molar-refractivity contribution >= 4 is 27.5 Å². The number of benzene rings is 1. The normalized spacial score (nSPS) is 25.3. The predicted molar refractivity (Wildman–Crippen MR) is 110 cm³/mol. The van der Waals surface area contributed by atoms with Gasteiger partial charge in [-0.05, 0) is 62.8 Å². The Kier molecular flexibility index (Phi) is 5.42. The first-order valence-corrected chi connectivity index (χ1v) is 11.9. The molecular formula is C21H29N3O4S. The van der Waals surface area contributed by atoms with Gasteiger partial charge in [0.2, 0.25) is 21.8 Å². The summed E-state index contributed by atoms with van der Waals surface area (Å²) in [5, 5.41) is 0. The Hall–Kier alpha value is -1.93. The van der Waals surface area contributed by atoms with Crippen molar-refractivity contribution < 1.29 is 18.0 Å². The van der Waals surface area contributed by atoms with Crippen molar-refractivity contribution in [2.75, 3.05) is 31.1 Å². The molecule has 3 aliphatic rings. The highest BCUT2D eigenvalue weighted by Gasteiger charge is 2.37. The summed E-state index contributed by atoms with van der Waals surface area (Å²) in [6.45, 7) is 5.77. The number of rotatable bonds is 3. The van der Waals surface area contributed by atoms with Crippen molar-refractivity contribution in [1.29, 1.82) is 0 Å². The molecule has 2 fully saturated rings. The van der Waals surface area contributed by atoms with Crippen LogP contribution in [0.25, 0.3) is 0 Å². The van der Waals surface area contributed by atoms with Crippen LogP contribution in [0.1, 0.15) is 45.1 Å². The minimum atomic E-state index is -3.67. The zero-order valence-corrected chi connectivity index (χ0v) is 18.0. The number of fused-ring (bicyclic) bond motifs is 1. The second kappa shape index (κ2) is 7.72. The number of piperidine rings is 1. The van der Waals surface area contributed by atoms with Gasteiger partial charge in [0, 0.05) is 44.8 Å².